The van der Waals surface area contributed by atoms with Crippen LogP contribution in [0.15, 0.2) is 72.9 Å². The molecule has 0 saturated carbocycles. The third kappa shape index (κ3) is 10.4. The summed E-state index contributed by atoms with van der Waals surface area (Å²) in [6, 6.07) is 18.8. The number of halogens is 1. The summed E-state index contributed by atoms with van der Waals surface area (Å²) < 4.78 is 24.0. The van der Waals surface area contributed by atoms with Crippen molar-refractivity contribution in [2.45, 2.75) is 13.1 Å². The molecule has 0 aliphatic heterocycles. The number of nitrogens with two attached hydrogens (primary N) is 1. The SMILES string of the molecule is NCCOCCOCCNC(=O)c1cccc(Nc2nc(NCc3ccc(F)cc3)nc(NCc3ccccn3)n2)c1. The standard InChI is InChI=1S/C29H34FN9O3/c30-23-9-7-21(8-10-23)19-34-27-37-28(35-20-25-5-1-2-12-32-25)39-29(38-27)36-24-6-3-4-22(18-24)26(40)33-13-15-42-17-16-41-14-11-31/h1-10,12,18H,11,13-17,19-20,31H2,(H,33,40)(H3,34,35,36,37,38,39). The van der Waals surface area contributed by atoms with Crippen molar-refractivity contribution in [2.75, 3.05) is 55.5 Å². The lowest BCUT2D eigenvalue weighted by molar-refractivity contribution is 0.0511. The first-order chi connectivity index (χ1) is 20.6. The molecule has 4 aromatic rings. The quantitative estimate of drug-likeness (QED) is 0.118. The molecule has 13 heteroatoms. The fourth-order valence-corrected chi connectivity index (χ4v) is 3.66. The summed E-state index contributed by atoms with van der Waals surface area (Å²) in [5.74, 6) is 0.346. The number of ether oxygens (including phenoxy) is 2. The van der Waals surface area contributed by atoms with Crippen LogP contribution in [-0.4, -0.2) is 65.4 Å². The minimum Gasteiger partial charge on any atom is -0.378 e. The number of carbonyl (C=O) groups is 1. The zero-order valence-electron chi connectivity index (χ0n) is 23.1. The molecule has 6 N–H and O–H groups in total. The molecule has 4 rings (SSSR count). The minimum atomic E-state index is -0.306. The van der Waals surface area contributed by atoms with Gasteiger partial charge in [0.2, 0.25) is 17.8 Å². The predicted molar refractivity (Wildman–Crippen MR) is 158 cm³/mol. The molecule has 0 aliphatic carbocycles. The molecule has 0 aliphatic rings. The Morgan fingerprint density at radius 1 is 0.810 bits per heavy atom. The topological polar surface area (TPSA) is 161 Å². The largest absolute Gasteiger partial charge is 0.378 e. The number of hydrogen-bond donors (Lipinski definition) is 5. The van der Waals surface area contributed by atoms with Crippen LogP contribution in [0.4, 0.5) is 27.9 Å². The van der Waals surface area contributed by atoms with Crippen molar-refractivity contribution in [3.63, 3.8) is 0 Å². The molecule has 12 nitrogen and oxygen atoms in total. The van der Waals surface area contributed by atoms with E-state index in [0.717, 1.165) is 11.3 Å². The molecule has 220 valence electrons. The lowest BCUT2D eigenvalue weighted by Crippen LogP contribution is -2.27. The van der Waals surface area contributed by atoms with Gasteiger partial charge in [-0.2, -0.15) is 15.0 Å². The molecule has 42 heavy (non-hydrogen) atoms. The van der Waals surface area contributed by atoms with Crippen LogP contribution in [0.5, 0.6) is 0 Å². The average molecular weight is 576 g/mol. The van der Waals surface area contributed by atoms with Crippen molar-refractivity contribution in [3.05, 3.63) is 95.6 Å². The maximum atomic E-state index is 13.3. The van der Waals surface area contributed by atoms with E-state index in [9.17, 15) is 9.18 Å². The number of rotatable bonds is 17. The highest BCUT2D eigenvalue weighted by molar-refractivity contribution is 5.95. The van der Waals surface area contributed by atoms with E-state index in [0.29, 0.717) is 75.8 Å². The third-order valence-corrected chi connectivity index (χ3v) is 5.70. The third-order valence-electron chi connectivity index (χ3n) is 5.70. The van der Waals surface area contributed by atoms with Crippen molar-refractivity contribution in [1.82, 2.24) is 25.3 Å². The lowest BCUT2D eigenvalue weighted by atomic mass is 10.2. The minimum absolute atomic E-state index is 0.239. The molecule has 0 saturated heterocycles. The van der Waals surface area contributed by atoms with Crippen LogP contribution in [0, 0.1) is 5.82 Å². The first-order valence-corrected chi connectivity index (χ1v) is 13.5. The highest BCUT2D eigenvalue weighted by Crippen LogP contribution is 2.18. The summed E-state index contributed by atoms with van der Waals surface area (Å²) in [6.07, 6.45) is 1.71. The normalized spacial score (nSPS) is 10.7. The van der Waals surface area contributed by atoms with Gasteiger partial charge in [-0.15, -0.1) is 0 Å². The Bertz CT molecular complexity index is 1400. The van der Waals surface area contributed by atoms with E-state index in [1.165, 1.54) is 12.1 Å². The average Bonchev–Trinajstić information content (AvgIpc) is 3.01. The van der Waals surface area contributed by atoms with Crippen molar-refractivity contribution in [1.29, 1.82) is 0 Å². The van der Waals surface area contributed by atoms with Gasteiger partial charge in [0, 0.05) is 37.1 Å². The zero-order valence-corrected chi connectivity index (χ0v) is 23.1. The number of nitrogens with zero attached hydrogens (tertiary/aromatic N) is 4. The number of amides is 1. The van der Waals surface area contributed by atoms with E-state index in [-0.39, 0.29) is 17.7 Å². The molecule has 1 amide bonds. The molecular formula is C29H34FN9O3. The Morgan fingerprint density at radius 2 is 1.55 bits per heavy atom. The highest BCUT2D eigenvalue weighted by atomic mass is 19.1. The van der Waals surface area contributed by atoms with Gasteiger partial charge in [0.05, 0.1) is 38.7 Å². The van der Waals surface area contributed by atoms with Crippen molar-refractivity contribution >= 4 is 29.4 Å². The molecule has 2 aromatic carbocycles. The van der Waals surface area contributed by atoms with Gasteiger partial charge in [-0.05, 0) is 48.0 Å². The fourth-order valence-electron chi connectivity index (χ4n) is 3.66. The molecule has 0 bridgehead atoms. The van der Waals surface area contributed by atoms with Gasteiger partial charge < -0.3 is 36.5 Å². The van der Waals surface area contributed by atoms with Crippen LogP contribution in [0.2, 0.25) is 0 Å². The second-order valence-corrected chi connectivity index (χ2v) is 8.94. The van der Waals surface area contributed by atoms with E-state index < -0.39 is 0 Å². The molecule has 0 unspecified atom stereocenters. The van der Waals surface area contributed by atoms with Crippen LogP contribution in [-0.2, 0) is 22.6 Å². The number of aromatic nitrogens is 4. The van der Waals surface area contributed by atoms with E-state index in [1.54, 1.807) is 42.6 Å². The van der Waals surface area contributed by atoms with Crippen LogP contribution in [0.1, 0.15) is 21.6 Å². The second kappa shape index (κ2) is 16.5. The van der Waals surface area contributed by atoms with Gasteiger partial charge in [0.25, 0.3) is 5.91 Å². The van der Waals surface area contributed by atoms with E-state index in [2.05, 4.69) is 41.2 Å². The van der Waals surface area contributed by atoms with Crippen molar-refractivity contribution in [2.24, 2.45) is 5.73 Å². The van der Waals surface area contributed by atoms with Crippen LogP contribution in [0.3, 0.4) is 0 Å². The summed E-state index contributed by atoms with van der Waals surface area (Å²) in [5.41, 5.74) is 8.12. The smallest absolute Gasteiger partial charge is 0.251 e. The van der Waals surface area contributed by atoms with E-state index >= 15 is 0 Å². The van der Waals surface area contributed by atoms with Crippen LogP contribution in [0.25, 0.3) is 0 Å². The maximum absolute atomic E-state index is 13.3. The first-order valence-electron chi connectivity index (χ1n) is 13.5. The predicted octanol–water partition coefficient (Wildman–Crippen LogP) is 3.10. The molecular weight excluding hydrogens is 541 g/mol. The van der Waals surface area contributed by atoms with Crippen LogP contribution >= 0.6 is 0 Å². The van der Waals surface area contributed by atoms with Gasteiger partial charge in [0.1, 0.15) is 5.82 Å². The van der Waals surface area contributed by atoms with Crippen molar-refractivity contribution in [3.8, 4) is 0 Å². The molecule has 2 heterocycles. The monoisotopic (exact) mass is 575 g/mol. The van der Waals surface area contributed by atoms with Crippen molar-refractivity contribution < 1.29 is 18.7 Å². The number of nitrogens with one attached hydrogen (secondary N) is 4. The summed E-state index contributed by atoms with van der Waals surface area (Å²) in [4.78, 5) is 30.4. The first kappa shape index (κ1) is 30.2. The zero-order chi connectivity index (χ0) is 29.4. The summed E-state index contributed by atoms with van der Waals surface area (Å²) in [7, 11) is 0. The number of benzene rings is 2. The van der Waals surface area contributed by atoms with Gasteiger partial charge in [0.15, 0.2) is 0 Å². The lowest BCUT2D eigenvalue weighted by Gasteiger charge is -2.12. The number of hydrogen-bond acceptors (Lipinski definition) is 11. The Balaban J connectivity index is 1.39. The Kier molecular flexibility index (Phi) is 11.9. The van der Waals surface area contributed by atoms with Gasteiger partial charge >= 0.3 is 0 Å². The summed E-state index contributed by atoms with van der Waals surface area (Å²) in [5, 5.41) is 12.3. The van der Waals surface area contributed by atoms with E-state index in [4.69, 9.17) is 15.2 Å². The van der Waals surface area contributed by atoms with E-state index in [1.807, 2.05) is 18.2 Å². The number of carbonyl (C=O) groups excluding carboxylic acids is 1. The second-order valence-electron chi connectivity index (χ2n) is 8.94. The van der Waals surface area contributed by atoms with Crippen LogP contribution < -0.4 is 27.0 Å². The van der Waals surface area contributed by atoms with Gasteiger partial charge in [-0.25, -0.2) is 4.39 Å². The van der Waals surface area contributed by atoms with Gasteiger partial charge in [-0.3, -0.25) is 9.78 Å². The summed E-state index contributed by atoms with van der Waals surface area (Å²) >= 11 is 0. The molecule has 2 aromatic heterocycles. The highest BCUT2D eigenvalue weighted by Gasteiger charge is 2.10. The molecule has 0 fully saturated rings. The number of anilines is 4. The molecule has 0 atom stereocenters. The fraction of sp³-hybridized carbons (Fsp3) is 0.276. The Morgan fingerprint density at radius 3 is 2.29 bits per heavy atom. The number of pyridine rings is 1. The summed E-state index contributed by atoms with van der Waals surface area (Å²) in [6.45, 7) is 3.35. The Labute approximate surface area is 243 Å². The maximum Gasteiger partial charge on any atom is 0.251 e. The molecule has 0 radical (unpaired) electrons. The molecule has 0 spiro atoms. The Hall–Kier alpha value is -4.72. The van der Waals surface area contributed by atoms with Gasteiger partial charge in [-0.1, -0.05) is 24.3 Å².